The van der Waals surface area contributed by atoms with E-state index < -0.39 is 0 Å². The van der Waals surface area contributed by atoms with Crippen LogP contribution < -0.4 is 0 Å². The summed E-state index contributed by atoms with van der Waals surface area (Å²) in [6.45, 7) is 4.17. The molecule has 0 fully saturated rings. The predicted octanol–water partition coefficient (Wildman–Crippen LogP) is 4.49. The fourth-order valence-electron chi connectivity index (χ4n) is 1.88. The SMILES string of the molecule is CCOC(=O)c1ccc(Cl)cc1-c1ccc(C)cc1. The van der Waals surface area contributed by atoms with E-state index in [2.05, 4.69) is 0 Å². The Morgan fingerprint density at radius 2 is 1.84 bits per heavy atom. The molecule has 0 saturated carbocycles. The van der Waals surface area contributed by atoms with Gasteiger partial charge in [0.25, 0.3) is 0 Å². The molecule has 2 aromatic rings. The maximum Gasteiger partial charge on any atom is 0.338 e. The van der Waals surface area contributed by atoms with Gasteiger partial charge >= 0.3 is 5.97 Å². The summed E-state index contributed by atoms with van der Waals surface area (Å²) in [6, 6.07) is 13.2. The van der Waals surface area contributed by atoms with Gasteiger partial charge in [0.05, 0.1) is 12.2 Å². The Labute approximate surface area is 118 Å². The van der Waals surface area contributed by atoms with Crippen molar-refractivity contribution in [3.8, 4) is 11.1 Å². The zero-order chi connectivity index (χ0) is 13.8. The Morgan fingerprint density at radius 1 is 1.16 bits per heavy atom. The van der Waals surface area contributed by atoms with E-state index in [-0.39, 0.29) is 5.97 Å². The first kappa shape index (κ1) is 13.6. The van der Waals surface area contributed by atoms with E-state index >= 15 is 0 Å². The minimum atomic E-state index is -0.324. The number of carbonyl (C=O) groups excluding carboxylic acids is 1. The molecule has 2 rings (SSSR count). The van der Waals surface area contributed by atoms with Crippen molar-refractivity contribution in [1.29, 1.82) is 0 Å². The first-order valence-corrected chi connectivity index (χ1v) is 6.53. The number of benzene rings is 2. The van der Waals surface area contributed by atoms with Crippen LogP contribution in [0.2, 0.25) is 5.02 Å². The molecule has 2 aromatic carbocycles. The molecule has 2 nitrogen and oxygen atoms in total. The van der Waals surface area contributed by atoms with E-state index in [0.717, 1.165) is 11.1 Å². The lowest BCUT2D eigenvalue weighted by atomic mass is 9.99. The third kappa shape index (κ3) is 3.15. The number of carbonyl (C=O) groups is 1. The van der Waals surface area contributed by atoms with Gasteiger partial charge in [-0.25, -0.2) is 4.79 Å². The van der Waals surface area contributed by atoms with Gasteiger partial charge in [0.2, 0.25) is 0 Å². The number of hydrogen-bond donors (Lipinski definition) is 0. The molecule has 0 spiro atoms. The molecule has 0 aliphatic rings. The molecule has 0 bridgehead atoms. The van der Waals surface area contributed by atoms with Gasteiger partial charge in [-0.1, -0.05) is 41.4 Å². The van der Waals surface area contributed by atoms with Crippen molar-refractivity contribution in [3.05, 3.63) is 58.6 Å². The smallest absolute Gasteiger partial charge is 0.338 e. The van der Waals surface area contributed by atoms with E-state index in [9.17, 15) is 4.79 Å². The van der Waals surface area contributed by atoms with E-state index in [1.165, 1.54) is 5.56 Å². The zero-order valence-corrected chi connectivity index (χ0v) is 11.7. The van der Waals surface area contributed by atoms with Gasteiger partial charge in [-0.2, -0.15) is 0 Å². The van der Waals surface area contributed by atoms with Crippen molar-refractivity contribution < 1.29 is 9.53 Å². The highest BCUT2D eigenvalue weighted by Gasteiger charge is 2.14. The largest absolute Gasteiger partial charge is 0.462 e. The Bertz CT molecular complexity index is 588. The fourth-order valence-corrected chi connectivity index (χ4v) is 2.05. The quantitative estimate of drug-likeness (QED) is 0.771. The van der Waals surface area contributed by atoms with Crippen LogP contribution in [-0.4, -0.2) is 12.6 Å². The lowest BCUT2D eigenvalue weighted by Crippen LogP contribution is -2.06. The monoisotopic (exact) mass is 274 g/mol. The van der Waals surface area contributed by atoms with Crippen molar-refractivity contribution in [2.45, 2.75) is 13.8 Å². The average Bonchev–Trinajstić information content (AvgIpc) is 2.39. The number of halogens is 1. The van der Waals surface area contributed by atoms with Crippen LogP contribution in [0.3, 0.4) is 0 Å². The van der Waals surface area contributed by atoms with E-state index in [4.69, 9.17) is 16.3 Å². The maximum absolute atomic E-state index is 12.0. The standard InChI is InChI=1S/C16H15ClO2/c1-3-19-16(18)14-9-8-13(17)10-15(14)12-6-4-11(2)5-7-12/h4-10H,3H2,1-2H3. The van der Waals surface area contributed by atoms with Crippen LogP contribution in [-0.2, 0) is 4.74 Å². The fraction of sp³-hybridized carbons (Fsp3) is 0.188. The van der Waals surface area contributed by atoms with Crippen LogP contribution in [0, 0.1) is 6.92 Å². The summed E-state index contributed by atoms with van der Waals surface area (Å²) in [4.78, 5) is 12.0. The van der Waals surface area contributed by atoms with Crippen LogP contribution in [0.15, 0.2) is 42.5 Å². The van der Waals surface area contributed by atoms with Crippen LogP contribution in [0.25, 0.3) is 11.1 Å². The van der Waals surface area contributed by atoms with Crippen molar-refractivity contribution in [3.63, 3.8) is 0 Å². The van der Waals surface area contributed by atoms with Gasteiger partial charge in [0.1, 0.15) is 0 Å². The number of rotatable bonds is 3. The number of ether oxygens (including phenoxy) is 1. The van der Waals surface area contributed by atoms with Crippen molar-refractivity contribution in [2.24, 2.45) is 0 Å². The lowest BCUT2D eigenvalue weighted by Gasteiger charge is -2.10. The molecule has 19 heavy (non-hydrogen) atoms. The zero-order valence-electron chi connectivity index (χ0n) is 10.9. The minimum absolute atomic E-state index is 0.324. The summed E-state index contributed by atoms with van der Waals surface area (Å²) < 4.78 is 5.07. The molecule has 0 unspecified atom stereocenters. The Morgan fingerprint density at radius 3 is 2.47 bits per heavy atom. The molecule has 0 heterocycles. The van der Waals surface area contributed by atoms with E-state index in [0.29, 0.717) is 17.2 Å². The number of aryl methyl sites for hydroxylation is 1. The van der Waals surface area contributed by atoms with Gasteiger partial charge in [-0.3, -0.25) is 0 Å². The minimum Gasteiger partial charge on any atom is -0.462 e. The van der Waals surface area contributed by atoms with Crippen molar-refractivity contribution >= 4 is 17.6 Å². The molecule has 98 valence electrons. The van der Waals surface area contributed by atoms with Gasteiger partial charge in [-0.05, 0) is 43.2 Å². The van der Waals surface area contributed by atoms with Gasteiger partial charge in [0, 0.05) is 5.02 Å². The van der Waals surface area contributed by atoms with E-state index in [1.54, 1.807) is 25.1 Å². The highest BCUT2D eigenvalue weighted by atomic mass is 35.5. The molecular formula is C16H15ClO2. The Balaban J connectivity index is 2.51. The second-order valence-electron chi connectivity index (χ2n) is 4.28. The number of hydrogen-bond acceptors (Lipinski definition) is 2. The van der Waals surface area contributed by atoms with Gasteiger partial charge < -0.3 is 4.74 Å². The molecular weight excluding hydrogens is 260 g/mol. The van der Waals surface area contributed by atoms with E-state index in [1.807, 2.05) is 31.2 Å². The first-order chi connectivity index (χ1) is 9.11. The summed E-state index contributed by atoms with van der Waals surface area (Å²) in [5, 5.41) is 0.601. The normalized spacial score (nSPS) is 10.3. The molecule has 0 radical (unpaired) electrons. The summed E-state index contributed by atoms with van der Waals surface area (Å²) in [7, 11) is 0. The summed E-state index contributed by atoms with van der Waals surface area (Å²) >= 11 is 6.03. The molecule has 0 aliphatic carbocycles. The molecule has 0 saturated heterocycles. The second kappa shape index (κ2) is 5.89. The van der Waals surface area contributed by atoms with Crippen molar-refractivity contribution in [2.75, 3.05) is 6.61 Å². The van der Waals surface area contributed by atoms with Gasteiger partial charge in [-0.15, -0.1) is 0 Å². The third-order valence-electron chi connectivity index (χ3n) is 2.84. The molecule has 0 aliphatic heterocycles. The van der Waals surface area contributed by atoms with Gasteiger partial charge in [0.15, 0.2) is 0 Å². The molecule has 0 aromatic heterocycles. The summed E-state index contributed by atoms with van der Waals surface area (Å²) in [5.41, 5.74) is 3.46. The molecule has 0 N–H and O–H groups in total. The van der Waals surface area contributed by atoms with Crippen LogP contribution in [0.5, 0.6) is 0 Å². The highest BCUT2D eigenvalue weighted by molar-refractivity contribution is 6.31. The maximum atomic E-state index is 12.0. The Hall–Kier alpha value is -1.80. The number of esters is 1. The molecule has 0 amide bonds. The molecule has 0 atom stereocenters. The lowest BCUT2D eigenvalue weighted by molar-refractivity contribution is 0.0527. The second-order valence-corrected chi connectivity index (χ2v) is 4.71. The summed E-state index contributed by atoms with van der Waals surface area (Å²) in [6.07, 6.45) is 0. The van der Waals surface area contributed by atoms with Crippen molar-refractivity contribution in [1.82, 2.24) is 0 Å². The Kier molecular flexibility index (Phi) is 4.23. The first-order valence-electron chi connectivity index (χ1n) is 6.15. The predicted molar refractivity (Wildman–Crippen MR) is 77.6 cm³/mol. The molecule has 3 heteroatoms. The highest BCUT2D eigenvalue weighted by Crippen LogP contribution is 2.28. The van der Waals surface area contributed by atoms with Crippen LogP contribution >= 0.6 is 11.6 Å². The van der Waals surface area contributed by atoms with Crippen LogP contribution in [0.4, 0.5) is 0 Å². The third-order valence-corrected chi connectivity index (χ3v) is 3.07. The summed E-state index contributed by atoms with van der Waals surface area (Å²) in [5.74, 6) is -0.324. The topological polar surface area (TPSA) is 26.3 Å². The average molecular weight is 275 g/mol. The van der Waals surface area contributed by atoms with Crippen LogP contribution in [0.1, 0.15) is 22.8 Å².